The molecule has 0 saturated carbocycles. The number of hydrogen-bond acceptors (Lipinski definition) is 8. The van der Waals surface area contributed by atoms with Gasteiger partial charge in [-0.3, -0.25) is 4.79 Å². The molecule has 9 heteroatoms. The summed E-state index contributed by atoms with van der Waals surface area (Å²) in [4.78, 5) is 20.6. The lowest BCUT2D eigenvalue weighted by Crippen LogP contribution is -2.49. The number of hydrogen-bond donors (Lipinski definition) is 5. The fraction of sp³-hybridized carbons (Fsp3) is 0.250. The predicted molar refractivity (Wildman–Crippen MR) is 132 cm³/mol. The number of likely N-dealkylation sites (tertiary alicyclic amines) is 1. The molecule has 2 aromatic rings. The summed E-state index contributed by atoms with van der Waals surface area (Å²) < 4.78 is 0. The first-order valence-electron chi connectivity index (χ1n) is 11.0. The van der Waals surface area contributed by atoms with Crippen molar-refractivity contribution in [1.29, 1.82) is 0 Å². The Balaban J connectivity index is 1.24. The zero-order chi connectivity index (χ0) is 22.6. The average Bonchev–Trinajstić information content (AvgIpc) is 3.19. The molecule has 33 heavy (non-hydrogen) atoms. The van der Waals surface area contributed by atoms with Crippen LogP contribution in [-0.4, -0.2) is 41.4 Å². The molecule has 1 amide bonds. The highest BCUT2D eigenvalue weighted by molar-refractivity contribution is 7.99. The van der Waals surface area contributed by atoms with E-state index in [4.69, 9.17) is 4.99 Å². The maximum Gasteiger partial charge on any atom is 0.255 e. The van der Waals surface area contributed by atoms with Crippen LogP contribution in [0.2, 0.25) is 0 Å². The van der Waals surface area contributed by atoms with Crippen LogP contribution < -0.4 is 26.8 Å². The molecule has 1 saturated heterocycles. The van der Waals surface area contributed by atoms with E-state index in [2.05, 4.69) is 43.9 Å². The number of nitrogens with zero attached hydrogens (tertiary/aromatic N) is 2. The SMILES string of the molecule is CC1=CC(NC2=NC(Sc3ccc(NC(=O)c4ccccc4)cc3)NC(N3CCC3)=C2)NN1. The van der Waals surface area contributed by atoms with E-state index in [-0.39, 0.29) is 17.6 Å². The maximum atomic E-state index is 12.4. The number of amides is 1. The number of allylic oxidation sites excluding steroid dienone is 1. The number of carbonyl (C=O) groups excluding carboxylic acids is 1. The Hall–Kier alpha value is -3.43. The van der Waals surface area contributed by atoms with Crippen LogP contribution in [0.5, 0.6) is 0 Å². The maximum absolute atomic E-state index is 12.4. The van der Waals surface area contributed by atoms with Crippen LogP contribution in [-0.2, 0) is 0 Å². The molecule has 5 rings (SSSR count). The van der Waals surface area contributed by atoms with Crippen molar-refractivity contribution in [3.63, 3.8) is 0 Å². The first kappa shape index (κ1) is 21.4. The summed E-state index contributed by atoms with van der Waals surface area (Å²) in [5, 5.41) is 9.92. The third kappa shape index (κ3) is 5.32. The number of rotatable bonds is 6. The Kier molecular flexibility index (Phi) is 6.23. The minimum atomic E-state index is -0.155. The zero-order valence-electron chi connectivity index (χ0n) is 18.3. The van der Waals surface area contributed by atoms with Gasteiger partial charge >= 0.3 is 0 Å². The number of benzene rings is 2. The molecule has 2 unspecified atom stereocenters. The normalized spacial score (nSPS) is 21.6. The van der Waals surface area contributed by atoms with Crippen LogP contribution in [0.4, 0.5) is 5.69 Å². The smallest absolute Gasteiger partial charge is 0.255 e. The summed E-state index contributed by atoms with van der Waals surface area (Å²) in [7, 11) is 0. The highest BCUT2D eigenvalue weighted by Gasteiger charge is 2.25. The number of anilines is 1. The summed E-state index contributed by atoms with van der Waals surface area (Å²) in [5.74, 6) is 1.81. The fourth-order valence-electron chi connectivity index (χ4n) is 3.67. The Morgan fingerprint density at radius 3 is 2.58 bits per heavy atom. The molecule has 5 N–H and O–H groups in total. The van der Waals surface area contributed by atoms with Gasteiger partial charge in [0.15, 0.2) is 5.50 Å². The Morgan fingerprint density at radius 1 is 1.12 bits per heavy atom. The number of amidine groups is 1. The van der Waals surface area contributed by atoms with Crippen molar-refractivity contribution in [2.75, 3.05) is 18.4 Å². The third-order valence-corrected chi connectivity index (χ3v) is 6.53. The average molecular weight is 462 g/mol. The second-order valence-corrected chi connectivity index (χ2v) is 9.24. The minimum Gasteiger partial charge on any atom is -0.358 e. The third-order valence-electron chi connectivity index (χ3n) is 5.54. The van der Waals surface area contributed by atoms with Gasteiger partial charge in [-0.05, 0) is 55.8 Å². The second-order valence-electron chi connectivity index (χ2n) is 8.08. The van der Waals surface area contributed by atoms with Gasteiger partial charge in [-0.25, -0.2) is 10.4 Å². The van der Waals surface area contributed by atoms with Gasteiger partial charge in [0.2, 0.25) is 0 Å². The number of aliphatic imine (C=N–C) groups is 1. The molecule has 0 aromatic heterocycles. The molecule has 0 bridgehead atoms. The molecule has 8 nitrogen and oxygen atoms in total. The molecule has 3 aliphatic rings. The molecule has 170 valence electrons. The van der Waals surface area contributed by atoms with Crippen LogP contribution in [0, 0.1) is 0 Å². The molecule has 3 heterocycles. The molecule has 0 radical (unpaired) electrons. The monoisotopic (exact) mass is 461 g/mol. The summed E-state index contributed by atoms with van der Waals surface area (Å²) in [5.41, 5.74) is 8.62. The van der Waals surface area contributed by atoms with Gasteiger partial charge in [-0.15, -0.1) is 0 Å². The van der Waals surface area contributed by atoms with Gasteiger partial charge in [-0.1, -0.05) is 30.0 Å². The Labute approximate surface area is 197 Å². The van der Waals surface area contributed by atoms with Gasteiger partial charge in [0, 0.05) is 41.0 Å². The molecule has 0 spiro atoms. The van der Waals surface area contributed by atoms with Crippen LogP contribution in [0.3, 0.4) is 0 Å². The van der Waals surface area contributed by atoms with E-state index >= 15 is 0 Å². The quantitative estimate of drug-likeness (QED) is 0.452. The van der Waals surface area contributed by atoms with Crippen LogP contribution in [0.25, 0.3) is 0 Å². The van der Waals surface area contributed by atoms with Crippen molar-refractivity contribution in [2.24, 2.45) is 4.99 Å². The van der Waals surface area contributed by atoms with Crippen LogP contribution in [0.1, 0.15) is 23.7 Å². The molecule has 3 aliphatic heterocycles. The standard InChI is InChI=1S/C24H27N7OS/c1-16-14-21(30-29-16)26-20-15-22(31-12-5-13-31)28-24(27-20)33-19-10-8-18(9-11-19)25-23(32)17-6-3-2-4-7-17/h2-4,6-11,14-15,21,24,28-30H,5,12-13H2,1H3,(H,25,32)(H,26,27). The predicted octanol–water partition coefficient (Wildman–Crippen LogP) is 2.79. The van der Waals surface area contributed by atoms with Crippen molar-refractivity contribution in [3.05, 3.63) is 83.8 Å². The molecule has 0 aliphatic carbocycles. The van der Waals surface area contributed by atoms with Crippen molar-refractivity contribution >= 4 is 29.2 Å². The summed E-state index contributed by atoms with van der Waals surface area (Å²) in [6.45, 7) is 4.13. The second kappa shape index (κ2) is 9.60. The van der Waals surface area contributed by atoms with E-state index in [9.17, 15) is 4.79 Å². The number of nitrogens with one attached hydrogen (secondary N) is 5. The lowest BCUT2D eigenvalue weighted by Gasteiger charge is -2.38. The van der Waals surface area contributed by atoms with Crippen LogP contribution in [0.15, 0.2) is 88.2 Å². The zero-order valence-corrected chi connectivity index (χ0v) is 19.2. The summed E-state index contributed by atoms with van der Waals surface area (Å²) in [6.07, 6.45) is 5.37. The van der Waals surface area contributed by atoms with Crippen molar-refractivity contribution < 1.29 is 4.79 Å². The molecule has 1 fully saturated rings. The fourth-order valence-corrected chi connectivity index (χ4v) is 4.57. The van der Waals surface area contributed by atoms with E-state index in [1.807, 2.05) is 49.4 Å². The lowest BCUT2D eigenvalue weighted by atomic mass is 10.2. The largest absolute Gasteiger partial charge is 0.358 e. The Bertz CT molecular complexity index is 1090. The number of hydrazine groups is 1. The number of thioether (sulfide) groups is 1. The highest BCUT2D eigenvalue weighted by Crippen LogP contribution is 2.28. The molecular weight excluding hydrogens is 434 g/mol. The van der Waals surface area contributed by atoms with Gasteiger partial charge in [0.05, 0.1) is 0 Å². The first-order valence-corrected chi connectivity index (χ1v) is 11.9. The van der Waals surface area contributed by atoms with E-state index in [0.717, 1.165) is 41.0 Å². The molecular formula is C24H27N7OS. The molecule has 2 aromatic carbocycles. The highest BCUT2D eigenvalue weighted by atomic mass is 32.2. The number of carbonyl (C=O) groups is 1. The van der Waals surface area contributed by atoms with E-state index in [1.165, 1.54) is 6.42 Å². The topological polar surface area (TPSA) is 92.8 Å². The first-order chi connectivity index (χ1) is 16.1. The summed E-state index contributed by atoms with van der Waals surface area (Å²) >= 11 is 1.64. The van der Waals surface area contributed by atoms with E-state index in [0.29, 0.717) is 5.56 Å². The van der Waals surface area contributed by atoms with Gasteiger partial charge in [0.1, 0.15) is 17.8 Å². The summed E-state index contributed by atoms with van der Waals surface area (Å²) in [6, 6.07) is 17.1. The van der Waals surface area contributed by atoms with Gasteiger partial charge in [-0.2, -0.15) is 0 Å². The Morgan fingerprint density at radius 2 is 1.91 bits per heavy atom. The minimum absolute atomic E-state index is 0.00565. The van der Waals surface area contributed by atoms with Crippen molar-refractivity contribution in [3.8, 4) is 0 Å². The lowest BCUT2D eigenvalue weighted by molar-refractivity contribution is 0.102. The van der Waals surface area contributed by atoms with Crippen molar-refractivity contribution in [1.82, 2.24) is 26.4 Å². The van der Waals surface area contributed by atoms with E-state index in [1.54, 1.807) is 23.9 Å². The van der Waals surface area contributed by atoms with Crippen LogP contribution >= 0.6 is 11.8 Å². The van der Waals surface area contributed by atoms with Crippen molar-refractivity contribution in [2.45, 2.75) is 29.9 Å². The van der Waals surface area contributed by atoms with Gasteiger partial charge in [0.25, 0.3) is 5.91 Å². The molecule has 2 atom stereocenters. The van der Waals surface area contributed by atoms with E-state index < -0.39 is 0 Å². The van der Waals surface area contributed by atoms with Gasteiger partial charge < -0.3 is 26.3 Å².